The van der Waals surface area contributed by atoms with E-state index in [1.165, 1.54) is 23.0 Å². The van der Waals surface area contributed by atoms with Crippen molar-refractivity contribution in [3.63, 3.8) is 0 Å². The van der Waals surface area contributed by atoms with Gasteiger partial charge in [0.15, 0.2) is 0 Å². The largest absolute Gasteiger partial charge is 0.296 e. The molecule has 1 aromatic heterocycles. The predicted octanol–water partition coefficient (Wildman–Crippen LogP) is 1.52. The summed E-state index contributed by atoms with van der Waals surface area (Å²) in [7, 11) is 0. The second-order valence-electron chi connectivity index (χ2n) is 1.91. The third-order valence-electron chi connectivity index (χ3n) is 1.08. The van der Waals surface area contributed by atoms with E-state index >= 15 is 0 Å². The maximum atomic E-state index is 11.7. The second kappa shape index (κ2) is 3.52. The molecule has 1 aromatic rings. The van der Waals surface area contributed by atoms with Crippen LogP contribution in [-0.4, -0.2) is 17.2 Å². The monoisotopic (exact) mass is 177 g/mol. The molecule has 0 bridgehead atoms. The van der Waals surface area contributed by atoms with Crippen molar-refractivity contribution in [2.24, 2.45) is 0 Å². The minimum atomic E-state index is -2.86. The number of hydrogen-bond donors (Lipinski definition) is 0. The predicted molar refractivity (Wildman–Crippen MR) is 36.8 cm³/mol. The SMILES string of the molecule is O=C(Cc1cncs1)C(F)F. The first-order valence-electron chi connectivity index (χ1n) is 2.88. The Kier molecular flexibility index (Phi) is 2.64. The first-order chi connectivity index (χ1) is 5.20. The van der Waals surface area contributed by atoms with Crippen LogP contribution < -0.4 is 0 Å². The highest BCUT2D eigenvalue weighted by molar-refractivity contribution is 7.09. The van der Waals surface area contributed by atoms with Crippen molar-refractivity contribution in [3.8, 4) is 0 Å². The van der Waals surface area contributed by atoms with Gasteiger partial charge in [0.2, 0.25) is 5.78 Å². The third kappa shape index (κ3) is 2.34. The Morgan fingerprint density at radius 3 is 2.91 bits per heavy atom. The van der Waals surface area contributed by atoms with E-state index in [1.54, 1.807) is 0 Å². The summed E-state index contributed by atoms with van der Waals surface area (Å²) in [6.45, 7) is 0. The number of alkyl halides is 2. The van der Waals surface area contributed by atoms with E-state index in [4.69, 9.17) is 0 Å². The van der Waals surface area contributed by atoms with Crippen LogP contribution in [0.1, 0.15) is 4.88 Å². The van der Waals surface area contributed by atoms with Gasteiger partial charge < -0.3 is 0 Å². The molecule has 0 atom stereocenters. The van der Waals surface area contributed by atoms with Crippen LogP contribution in [0, 0.1) is 0 Å². The van der Waals surface area contributed by atoms with Gasteiger partial charge in [-0.2, -0.15) is 0 Å². The molecule has 11 heavy (non-hydrogen) atoms. The minimum absolute atomic E-state index is 0.206. The van der Waals surface area contributed by atoms with Gasteiger partial charge in [-0.3, -0.25) is 9.78 Å². The van der Waals surface area contributed by atoms with Crippen molar-refractivity contribution in [2.75, 3.05) is 0 Å². The molecule has 0 fully saturated rings. The molecule has 0 radical (unpaired) electrons. The van der Waals surface area contributed by atoms with Gasteiger partial charge in [-0.15, -0.1) is 11.3 Å². The molecule has 0 spiro atoms. The molecule has 60 valence electrons. The number of rotatable bonds is 3. The van der Waals surface area contributed by atoms with E-state index in [2.05, 4.69) is 4.98 Å². The van der Waals surface area contributed by atoms with E-state index in [-0.39, 0.29) is 6.42 Å². The van der Waals surface area contributed by atoms with Gasteiger partial charge in [-0.1, -0.05) is 0 Å². The number of carbonyl (C=O) groups excluding carboxylic acids is 1. The number of halogens is 2. The molecule has 0 unspecified atom stereocenters. The van der Waals surface area contributed by atoms with Crippen molar-refractivity contribution < 1.29 is 13.6 Å². The highest BCUT2D eigenvalue weighted by Crippen LogP contribution is 2.09. The van der Waals surface area contributed by atoms with Crippen molar-refractivity contribution in [2.45, 2.75) is 12.8 Å². The van der Waals surface area contributed by atoms with E-state index in [9.17, 15) is 13.6 Å². The Balaban J connectivity index is 2.50. The van der Waals surface area contributed by atoms with Gasteiger partial charge >= 0.3 is 0 Å². The molecule has 0 N–H and O–H groups in total. The third-order valence-corrected chi connectivity index (χ3v) is 1.85. The van der Waals surface area contributed by atoms with E-state index in [0.717, 1.165) is 0 Å². The normalized spacial score (nSPS) is 10.5. The summed E-state index contributed by atoms with van der Waals surface area (Å²) in [6.07, 6.45) is -1.65. The molecular weight excluding hydrogens is 172 g/mol. The standard InChI is InChI=1S/C6H5F2NOS/c7-6(8)5(10)1-4-2-9-3-11-4/h2-3,6H,1H2. The highest BCUT2D eigenvalue weighted by Gasteiger charge is 2.15. The number of ketones is 1. The summed E-state index contributed by atoms with van der Waals surface area (Å²) in [6, 6.07) is 0. The Morgan fingerprint density at radius 1 is 1.73 bits per heavy atom. The Bertz CT molecular complexity index is 235. The van der Waals surface area contributed by atoms with E-state index < -0.39 is 12.2 Å². The summed E-state index contributed by atoms with van der Waals surface area (Å²) in [4.78, 5) is 14.7. The average molecular weight is 177 g/mol. The summed E-state index contributed by atoms with van der Waals surface area (Å²) < 4.78 is 23.3. The highest BCUT2D eigenvalue weighted by atomic mass is 32.1. The fourth-order valence-corrected chi connectivity index (χ4v) is 1.18. The van der Waals surface area contributed by atoms with Crippen molar-refractivity contribution in [1.29, 1.82) is 0 Å². The van der Waals surface area contributed by atoms with Crippen molar-refractivity contribution >= 4 is 17.1 Å². The van der Waals surface area contributed by atoms with Crippen LogP contribution in [0.2, 0.25) is 0 Å². The van der Waals surface area contributed by atoms with Crippen LogP contribution in [0.4, 0.5) is 8.78 Å². The smallest absolute Gasteiger partial charge is 0.293 e. The summed E-state index contributed by atoms with van der Waals surface area (Å²) in [5.74, 6) is -1.05. The van der Waals surface area contributed by atoms with Crippen LogP contribution in [0.15, 0.2) is 11.7 Å². The lowest BCUT2D eigenvalue weighted by Gasteiger charge is -1.93. The molecule has 0 saturated carbocycles. The molecule has 0 saturated heterocycles. The molecule has 5 heteroatoms. The first kappa shape index (κ1) is 8.26. The van der Waals surface area contributed by atoms with Gasteiger partial charge in [0.05, 0.1) is 5.51 Å². The second-order valence-corrected chi connectivity index (χ2v) is 2.88. The lowest BCUT2D eigenvalue weighted by atomic mass is 10.3. The van der Waals surface area contributed by atoms with Crippen LogP contribution >= 0.6 is 11.3 Å². The van der Waals surface area contributed by atoms with Crippen LogP contribution in [0.25, 0.3) is 0 Å². The summed E-state index contributed by atoms with van der Waals surface area (Å²) in [5.41, 5.74) is 1.51. The zero-order valence-electron chi connectivity index (χ0n) is 5.46. The fraction of sp³-hybridized carbons (Fsp3) is 0.333. The molecule has 0 aliphatic carbocycles. The fourth-order valence-electron chi connectivity index (χ4n) is 0.578. The van der Waals surface area contributed by atoms with Gasteiger partial charge in [-0.05, 0) is 0 Å². The molecule has 1 heterocycles. The quantitative estimate of drug-likeness (QED) is 0.700. The first-order valence-corrected chi connectivity index (χ1v) is 3.76. The van der Waals surface area contributed by atoms with Gasteiger partial charge in [0.25, 0.3) is 6.43 Å². The molecular formula is C6H5F2NOS. The van der Waals surface area contributed by atoms with E-state index in [0.29, 0.717) is 4.88 Å². The molecule has 1 rings (SSSR count). The minimum Gasteiger partial charge on any atom is -0.293 e. The number of Topliss-reactive ketones (excluding diaryl/α,β-unsaturated/α-hetero) is 1. The number of aromatic nitrogens is 1. The van der Waals surface area contributed by atoms with Crippen LogP contribution in [-0.2, 0) is 11.2 Å². The van der Waals surface area contributed by atoms with Gasteiger partial charge in [0.1, 0.15) is 0 Å². The lowest BCUT2D eigenvalue weighted by molar-refractivity contribution is -0.128. The Morgan fingerprint density at radius 2 is 2.45 bits per heavy atom. The number of hydrogen-bond acceptors (Lipinski definition) is 3. The molecule has 0 amide bonds. The van der Waals surface area contributed by atoms with Gasteiger partial charge in [-0.25, -0.2) is 8.78 Å². The Labute approximate surface area is 65.9 Å². The van der Waals surface area contributed by atoms with Crippen molar-refractivity contribution in [3.05, 3.63) is 16.6 Å². The molecule has 0 aromatic carbocycles. The topological polar surface area (TPSA) is 30.0 Å². The number of nitrogens with zero attached hydrogens (tertiary/aromatic N) is 1. The maximum absolute atomic E-state index is 11.7. The summed E-state index contributed by atoms with van der Waals surface area (Å²) >= 11 is 1.20. The zero-order chi connectivity index (χ0) is 8.27. The van der Waals surface area contributed by atoms with E-state index in [1.807, 2.05) is 0 Å². The molecule has 0 aliphatic rings. The molecule has 2 nitrogen and oxygen atoms in total. The lowest BCUT2D eigenvalue weighted by Crippen LogP contribution is -2.11. The maximum Gasteiger partial charge on any atom is 0.296 e. The molecule has 0 aliphatic heterocycles. The average Bonchev–Trinajstić information content (AvgIpc) is 2.39. The summed E-state index contributed by atoms with van der Waals surface area (Å²) in [5, 5.41) is 0. The van der Waals surface area contributed by atoms with Crippen LogP contribution in [0.5, 0.6) is 0 Å². The van der Waals surface area contributed by atoms with Crippen LogP contribution in [0.3, 0.4) is 0 Å². The number of thiazole rings is 1. The van der Waals surface area contributed by atoms with Crippen molar-refractivity contribution in [1.82, 2.24) is 4.98 Å². The number of carbonyl (C=O) groups is 1. The van der Waals surface area contributed by atoms with Gasteiger partial charge in [0, 0.05) is 17.5 Å². The Hall–Kier alpha value is -0.840. The zero-order valence-corrected chi connectivity index (χ0v) is 6.28.